The second-order valence-corrected chi connectivity index (χ2v) is 3.94. The van der Waals surface area contributed by atoms with E-state index in [1.54, 1.807) is 0 Å². The van der Waals surface area contributed by atoms with Crippen LogP contribution in [0.25, 0.3) is 0 Å². The average molecular weight is 203 g/mol. The molecule has 2 atom stereocenters. The lowest BCUT2D eigenvalue weighted by molar-refractivity contribution is 0.0457. The Balaban J connectivity index is 3.96. The fraction of sp³-hybridized carbons (Fsp3) is 1.00. The van der Waals surface area contributed by atoms with Gasteiger partial charge in [-0.25, -0.2) is 0 Å². The monoisotopic (exact) mass is 203 g/mol. The van der Waals surface area contributed by atoms with Gasteiger partial charge in [-0.3, -0.25) is 4.90 Å². The summed E-state index contributed by atoms with van der Waals surface area (Å²) in [4.78, 5) is 2.25. The standard InChI is InChI=1S/C11H25NO2/c1-4-6-7-12(10(3)5-2)8-11(14)9-13/h10-11,13-14H,4-9H2,1-3H3. The van der Waals surface area contributed by atoms with Gasteiger partial charge in [0.2, 0.25) is 0 Å². The lowest BCUT2D eigenvalue weighted by Gasteiger charge is -2.29. The summed E-state index contributed by atoms with van der Waals surface area (Å²) < 4.78 is 0. The van der Waals surface area contributed by atoms with Gasteiger partial charge in [0, 0.05) is 12.6 Å². The van der Waals surface area contributed by atoms with Crippen molar-refractivity contribution in [2.24, 2.45) is 0 Å². The Bertz CT molecular complexity index is 130. The van der Waals surface area contributed by atoms with Crippen LogP contribution < -0.4 is 0 Å². The quantitative estimate of drug-likeness (QED) is 0.624. The van der Waals surface area contributed by atoms with Crippen molar-refractivity contribution in [3.63, 3.8) is 0 Å². The third-order valence-corrected chi connectivity index (χ3v) is 2.67. The van der Waals surface area contributed by atoms with Gasteiger partial charge in [0.1, 0.15) is 0 Å². The fourth-order valence-corrected chi connectivity index (χ4v) is 1.44. The zero-order chi connectivity index (χ0) is 11.0. The van der Waals surface area contributed by atoms with Crippen LogP contribution in [0, 0.1) is 0 Å². The molecule has 0 spiro atoms. The molecule has 0 aromatic heterocycles. The number of aliphatic hydroxyl groups is 2. The summed E-state index contributed by atoms with van der Waals surface area (Å²) in [6.07, 6.45) is 2.81. The van der Waals surface area contributed by atoms with E-state index in [0.29, 0.717) is 12.6 Å². The van der Waals surface area contributed by atoms with Gasteiger partial charge in [-0.05, 0) is 26.3 Å². The van der Waals surface area contributed by atoms with Crippen LogP contribution in [0.2, 0.25) is 0 Å². The minimum absolute atomic E-state index is 0.140. The number of hydrogen-bond acceptors (Lipinski definition) is 3. The Morgan fingerprint density at radius 3 is 2.36 bits per heavy atom. The van der Waals surface area contributed by atoms with Crippen molar-refractivity contribution in [2.75, 3.05) is 19.7 Å². The third-order valence-electron chi connectivity index (χ3n) is 2.67. The first-order valence-corrected chi connectivity index (χ1v) is 5.68. The zero-order valence-corrected chi connectivity index (χ0v) is 9.74. The van der Waals surface area contributed by atoms with Gasteiger partial charge < -0.3 is 10.2 Å². The predicted molar refractivity (Wildman–Crippen MR) is 59.3 cm³/mol. The summed E-state index contributed by atoms with van der Waals surface area (Å²) in [6.45, 7) is 7.94. The third kappa shape index (κ3) is 5.58. The van der Waals surface area contributed by atoms with Crippen molar-refractivity contribution in [3.05, 3.63) is 0 Å². The number of aliphatic hydroxyl groups excluding tert-OH is 2. The van der Waals surface area contributed by atoms with Gasteiger partial charge >= 0.3 is 0 Å². The Kier molecular flexibility index (Phi) is 8.14. The van der Waals surface area contributed by atoms with Crippen LogP contribution >= 0.6 is 0 Å². The summed E-state index contributed by atoms with van der Waals surface area (Å²) >= 11 is 0. The van der Waals surface area contributed by atoms with Crippen molar-refractivity contribution in [1.82, 2.24) is 4.90 Å². The zero-order valence-electron chi connectivity index (χ0n) is 9.74. The van der Waals surface area contributed by atoms with Crippen LogP contribution in [0.1, 0.15) is 40.0 Å². The minimum Gasteiger partial charge on any atom is -0.394 e. The molecule has 3 nitrogen and oxygen atoms in total. The van der Waals surface area contributed by atoms with E-state index in [1.165, 1.54) is 6.42 Å². The summed E-state index contributed by atoms with van der Waals surface area (Å²) in [7, 11) is 0. The van der Waals surface area contributed by atoms with Gasteiger partial charge in [-0.15, -0.1) is 0 Å². The van der Waals surface area contributed by atoms with Gasteiger partial charge in [-0.2, -0.15) is 0 Å². The van der Waals surface area contributed by atoms with Crippen molar-refractivity contribution in [1.29, 1.82) is 0 Å². The van der Waals surface area contributed by atoms with Crippen LogP contribution in [0.4, 0.5) is 0 Å². The summed E-state index contributed by atoms with van der Waals surface area (Å²) in [5.74, 6) is 0. The second kappa shape index (κ2) is 8.21. The Morgan fingerprint density at radius 2 is 1.93 bits per heavy atom. The molecule has 3 heteroatoms. The molecule has 0 rings (SSSR count). The number of hydrogen-bond donors (Lipinski definition) is 2. The molecule has 0 saturated carbocycles. The number of nitrogens with zero attached hydrogens (tertiary/aromatic N) is 1. The Labute approximate surface area is 87.7 Å². The lowest BCUT2D eigenvalue weighted by Crippen LogP contribution is -2.40. The maximum atomic E-state index is 9.38. The van der Waals surface area contributed by atoms with Crippen molar-refractivity contribution in [2.45, 2.75) is 52.2 Å². The van der Waals surface area contributed by atoms with Gasteiger partial charge in [-0.1, -0.05) is 20.3 Å². The molecule has 0 radical (unpaired) electrons. The molecule has 0 aromatic carbocycles. The molecular weight excluding hydrogens is 178 g/mol. The minimum atomic E-state index is -0.596. The van der Waals surface area contributed by atoms with Crippen LogP contribution in [-0.4, -0.2) is 47.0 Å². The van der Waals surface area contributed by atoms with Crippen molar-refractivity contribution < 1.29 is 10.2 Å². The molecule has 0 heterocycles. The summed E-state index contributed by atoms with van der Waals surface area (Å²) in [5.41, 5.74) is 0. The van der Waals surface area contributed by atoms with Crippen LogP contribution in [-0.2, 0) is 0 Å². The molecule has 14 heavy (non-hydrogen) atoms. The summed E-state index contributed by atoms with van der Waals surface area (Å²) in [5, 5.41) is 18.2. The Morgan fingerprint density at radius 1 is 1.29 bits per heavy atom. The fourth-order valence-electron chi connectivity index (χ4n) is 1.44. The SMILES string of the molecule is CCCCN(CC(O)CO)C(C)CC. The molecule has 0 aliphatic rings. The molecule has 86 valence electrons. The number of unbranched alkanes of at least 4 members (excludes halogenated alkanes) is 1. The van der Waals surface area contributed by atoms with Gasteiger partial charge in [0.05, 0.1) is 12.7 Å². The highest BCUT2D eigenvalue weighted by Gasteiger charge is 2.15. The molecule has 0 aromatic rings. The van der Waals surface area contributed by atoms with Crippen LogP contribution in [0.15, 0.2) is 0 Å². The normalized spacial score (nSPS) is 15.9. The lowest BCUT2D eigenvalue weighted by atomic mass is 10.2. The van der Waals surface area contributed by atoms with E-state index in [4.69, 9.17) is 5.11 Å². The maximum absolute atomic E-state index is 9.38. The van der Waals surface area contributed by atoms with E-state index < -0.39 is 6.10 Å². The van der Waals surface area contributed by atoms with E-state index >= 15 is 0 Å². The molecule has 0 saturated heterocycles. The molecule has 0 bridgehead atoms. The largest absolute Gasteiger partial charge is 0.394 e. The highest BCUT2D eigenvalue weighted by molar-refractivity contribution is 4.69. The van der Waals surface area contributed by atoms with Crippen molar-refractivity contribution >= 4 is 0 Å². The second-order valence-electron chi connectivity index (χ2n) is 3.94. The van der Waals surface area contributed by atoms with E-state index in [0.717, 1.165) is 19.4 Å². The van der Waals surface area contributed by atoms with Crippen LogP contribution in [0.3, 0.4) is 0 Å². The molecule has 2 unspecified atom stereocenters. The summed E-state index contributed by atoms with van der Waals surface area (Å²) in [6, 6.07) is 0.489. The number of rotatable bonds is 8. The van der Waals surface area contributed by atoms with Crippen molar-refractivity contribution in [3.8, 4) is 0 Å². The molecule has 0 aliphatic heterocycles. The first-order valence-electron chi connectivity index (χ1n) is 5.68. The molecule has 0 aliphatic carbocycles. The van der Waals surface area contributed by atoms with Gasteiger partial charge in [0.25, 0.3) is 0 Å². The van der Waals surface area contributed by atoms with Crippen LogP contribution in [0.5, 0.6) is 0 Å². The topological polar surface area (TPSA) is 43.7 Å². The van der Waals surface area contributed by atoms with Gasteiger partial charge in [0.15, 0.2) is 0 Å². The molecular formula is C11H25NO2. The Hall–Kier alpha value is -0.120. The smallest absolute Gasteiger partial charge is 0.0897 e. The van der Waals surface area contributed by atoms with E-state index in [2.05, 4.69) is 25.7 Å². The molecule has 0 amide bonds. The molecule has 0 fully saturated rings. The molecule has 2 N–H and O–H groups in total. The maximum Gasteiger partial charge on any atom is 0.0897 e. The van der Waals surface area contributed by atoms with E-state index in [-0.39, 0.29) is 6.61 Å². The van der Waals surface area contributed by atoms with E-state index in [1.807, 2.05) is 0 Å². The predicted octanol–water partition coefficient (Wildman–Crippen LogP) is 1.24. The average Bonchev–Trinajstić information content (AvgIpc) is 2.22. The highest BCUT2D eigenvalue weighted by Crippen LogP contribution is 2.06. The highest BCUT2D eigenvalue weighted by atomic mass is 16.3. The first kappa shape index (κ1) is 13.9. The van der Waals surface area contributed by atoms with E-state index in [9.17, 15) is 5.11 Å². The first-order chi connectivity index (χ1) is 6.65.